The van der Waals surface area contributed by atoms with Crippen LogP contribution in [0.2, 0.25) is 10.0 Å². The van der Waals surface area contributed by atoms with Crippen LogP contribution in [0.1, 0.15) is 25.0 Å². The fourth-order valence-electron chi connectivity index (χ4n) is 2.68. The monoisotopic (exact) mass is 402 g/mol. The van der Waals surface area contributed by atoms with Crippen LogP contribution >= 0.6 is 35.1 Å². The number of aryl methyl sites for hydroxylation is 1. The molecule has 3 aromatic rings. The first-order valence-electron chi connectivity index (χ1n) is 8.28. The zero-order valence-corrected chi connectivity index (χ0v) is 17.2. The fraction of sp³-hybridized carbons (Fsp3) is 0.190. The molecule has 3 rings (SSSR count). The first-order chi connectivity index (χ1) is 12.4. The van der Waals surface area contributed by atoms with Gasteiger partial charge in [0.1, 0.15) is 0 Å². The van der Waals surface area contributed by atoms with Gasteiger partial charge in [-0.1, -0.05) is 47.5 Å². The minimum atomic E-state index is -0.257. The van der Waals surface area contributed by atoms with Gasteiger partial charge in [0.2, 0.25) is 0 Å². The average molecular weight is 403 g/mol. The Labute approximate surface area is 169 Å². The van der Waals surface area contributed by atoms with Gasteiger partial charge in [0.05, 0.1) is 10.0 Å². The van der Waals surface area contributed by atoms with Gasteiger partial charge in [0.15, 0.2) is 0 Å². The fourth-order valence-corrected chi connectivity index (χ4v) is 3.98. The van der Waals surface area contributed by atoms with E-state index in [1.807, 2.05) is 24.5 Å². The summed E-state index contributed by atoms with van der Waals surface area (Å²) in [6.07, 6.45) is 3.72. The summed E-state index contributed by atoms with van der Waals surface area (Å²) in [4.78, 5) is 5.09. The second-order valence-corrected chi connectivity index (χ2v) is 8.29. The molecule has 0 aliphatic heterocycles. The Balaban J connectivity index is 1.84. The van der Waals surface area contributed by atoms with Crippen LogP contribution in [0.3, 0.4) is 0 Å². The molecule has 26 heavy (non-hydrogen) atoms. The van der Waals surface area contributed by atoms with Gasteiger partial charge in [-0.2, -0.15) is 0 Å². The van der Waals surface area contributed by atoms with Crippen molar-refractivity contribution in [1.82, 2.24) is 9.71 Å². The summed E-state index contributed by atoms with van der Waals surface area (Å²) >= 11 is 13.9. The van der Waals surface area contributed by atoms with Crippen LogP contribution in [-0.4, -0.2) is 4.98 Å². The molecule has 0 bridgehead atoms. The van der Waals surface area contributed by atoms with E-state index in [2.05, 4.69) is 60.8 Å². The van der Waals surface area contributed by atoms with Crippen LogP contribution in [0.5, 0.6) is 0 Å². The molecular weight excluding hydrogens is 383 g/mol. The molecule has 0 saturated carbocycles. The van der Waals surface area contributed by atoms with Crippen LogP contribution in [0, 0.1) is 6.92 Å². The molecule has 0 spiro atoms. The SMILES string of the molecule is Cc1cnccc1-c1cccc(C(C)(C)NSc2cccc(Cl)c2Cl)c1. The highest BCUT2D eigenvalue weighted by Gasteiger charge is 2.21. The van der Waals surface area contributed by atoms with Crippen molar-refractivity contribution in [2.45, 2.75) is 31.2 Å². The van der Waals surface area contributed by atoms with Crippen molar-refractivity contribution in [2.24, 2.45) is 0 Å². The molecule has 0 saturated heterocycles. The maximum absolute atomic E-state index is 6.29. The third kappa shape index (κ3) is 4.24. The molecule has 5 heteroatoms. The zero-order chi connectivity index (χ0) is 18.7. The van der Waals surface area contributed by atoms with E-state index in [0.29, 0.717) is 10.0 Å². The van der Waals surface area contributed by atoms with Crippen LogP contribution in [0.4, 0.5) is 0 Å². The molecule has 2 aromatic carbocycles. The lowest BCUT2D eigenvalue weighted by Gasteiger charge is -2.27. The third-order valence-corrected chi connectivity index (χ3v) is 6.35. The van der Waals surface area contributed by atoms with E-state index in [1.165, 1.54) is 28.6 Å². The molecular formula is C21H20Cl2N2S. The number of halogens is 2. The molecule has 134 valence electrons. The molecule has 0 aliphatic carbocycles. The molecule has 2 nitrogen and oxygen atoms in total. The number of rotatable bonds is 5. The smallest absolute Gasteiger partial charge is 0.0741 e. The van der Waals surface area contributed by atoms with E-state index in [-0.39, 0.29) is 5.54 Å². The summed E-state index contributed by atoms with van der Waals surface area (Å²) < 4.78 is 3.51. The van der Waals surface area contributed by atoms with Gasteiger partial charge in [-0.3, -0.25) is 4.98 Å². The number of pyridine rings is 1. The normalized spacial score (nSPS) is 11.6. The Hall–Kier alpha value is -1.52. The largest absolute Gasteiger partial charge is 0.264 e. The summed E-state index contributed by atoms with van der Waals surface area (Å²) in [6.45, 7) is 6.38. The van der Waals surface area contributed by atoms with E-state index in [0.717, 1.165) is 10.5 Å². The molecule has 1 N–H and O–H groups in total. The zero-order valence-electron chi connectivity index (χ0n) is 14.9. The lowest BCUT2D eigenvalue weighted by molar-refractivity contribution is 0.510. The Morgan fingerprint density at radius 3 is 2.58 bits per heavy atom. The standard InChI is InChI=1S/C21H20Cl2N2S/c1-14-13-24-11-10-17(14)15-6-4-7-16(12-15)21(2,3)25-26-19-9-5-8-18(22)20(19)23/h4-13,25H,1-3H3. The van der Waals surface area contributed by atoms with Crippen LogP contribution in [0.15, 0.2) is 65.8 Å². The van der Waals surface area contributed by atoms with Crippen molar-refractivity contribution in [3.05, 3.63) is 82.1 Å². The molecule has 0 aliphatic rings. The van der Waals surface area contributed by atoms with Crippen molar-refractivity contribution in [3.63, 3.8) is 0 Å². The van der Waals surface area contributed by atoms with E-state index in [9.17, 15) is 0 Å². The average Bonchev–Trinajstić information content (AvgIpc) is 2.63. The van der Waals surface area contributed by atoms with Crippen molar-refractivity contribution >= 4 is 35.1 Å². The molecule has 0 amide bonds. The first kappa shape index (κ1) is 19.2. The highest BCUT2D eigenvalue weighted by molar-refractivity contribution is 7.97. The van der Waals surface area contributed by atoms with Crippen molar-refractivity contribution in [1.29, 1.82) is 0 Å². The molecule has 1 aromatic heterocycles. The maximum Gasteiger partial charge on any atom is 0.0741 e. The Bertz CT molecular complexity index is 925. The number of nitrogens with zero attached hydrogens (tertiary/aromatic N) is 1. The summed E-state index contributed by atoms with van der Waals surface area (Å²) in [6, 6.07) is 16.3. The summed E-state index contributed by atoms with van der Waals surface area (Å²) in [5.74, 6) is 0. The maximum atomic E-state index is 6.29. The number of hydrogen-bond donors (Lipinski definition) is 1. The Morgan fingerprint density at radius 2 is 1.81 bits per heavy atom. The van der Waals surface area contributed by atoms with Gasteiger partial charge in [-0.25, -0.2) is 4.72 Å². The van der Waals surface area contributed by atoms with Gasteiger partial charge < -0.3 is 0 Å². The van der Waals surface area contributed by atoms with Crippen molar-refractivity contribution in [3.8, 4) is 11.1 Å². The summed E-state index contributed by atoms with van der Waals surface area (Å²) in [5.41, 5.74) is 4.48. The van der Waals surface area contributed by atoms with Gasteiger partial charge >= 0.3 is 0 Å². The van der Waals surface area contributed by atoms with Gasteiger partial charge in [-0.05, 0) is 79.2 Å². The van der Waals surface area contributed by atoms with E-state index < -0.39 is 0 Å². The summed E-state index contributed by atoms with van der Waals surface area (Å²) in [5, 5.41) is 1.13. The highest BCUT2D eigenvalue weighted by Crippen LogP contribution is 2.35. The quantitative estimate of drug-likeness (QED) is 0.469. The second kappa shape index (κ2) is 8.01. The molecule has 0 radical (unpaired) electrons. The minimum Gasteiger partial charge on any atom is -0.264 e. The minimum absolute atomic E-state index is 0.257. The van der Waals surface area contributed by atoms with Crippen LogP contribution in [0.25, 0.3) is 11.1 Å². The lowest BCUT2D eigenvalue weighted by atomic mass is 9.92. The predicted molar refractivity (Wildman–Crippen MR) is 113 cm³/mol. The van der Waals surface area contributed by atoms with E-state index in [4.69, 9.17) is 23.2 Å². The number of nitrogens with one attached hydrogen (secondary N) is 1. The number of hydrogen-bond acceptors (Lipinski definition) is 3. The van der Waals surface area contributed by atoms with Crippen LogP contribution < -0.4 is 4.72 Å². The molecule has 0 atom stereocenters. The molecule has 0 fully saturated rings. The van der Waals surface area contributed by atoms with Crippen molar-refractivity contribution in [2.75, 3.05) is 0 Å². The Morgan fingerprint density at radius 1 is 1.04 bits per heavy atom. The number of aromatic nitrogens is 1. The van der Waals surface area contributed by atoms with E-state index >= 15 is 0 Å². The topological polar surface area (TPSA) is 24.9 Å². The Kier molecular flexibility index (Phi) is 5.93. The van der Waals surface area contributed by atoms with Crippen LogP contribution in [-0.2, 0) is 5.54 Å². The van der Waals surface area contributed by atoms with Gasteiger partial charge in [0.25, 0.3) is 0 Å². The van der Waals surface area contributed by atoms with E-state index in [1.54, 1.807) is 6.07 Å². The van der Waals surface area contributed by atoms with Crippen molar-refractivity contribution < 1.29 is 0 Å². The third-order valence-electron chi connectivity index (χ3n) is 4.25. The van der Waals surface area contributed by atoms with Gasteiger partial charge in [-0.15, -0.1) is 0 Å². The number of benzene rings is 2. The lowest BCUT2D eigenvalue weighted by Crippen LogP contribution is -2.31. The predicted octanol–water partition coefficient (Wildman–Crippen LogP) is 6.90. The van der Waals surface area contributed by atoms with Gasteiger partial charge in [0, 0.05) is 22.8 Å². The second-order valence-electron chi connectivity index (χ2n) is 6.65. The first-order valence-corrected chi connectivity index (χ1v) is 9.85. The summed E-state index contributed by atoms with van der Waals surface area (Å²) in [7, 11) is 0. The highest BCUT2D eigenvalue weighted by atomic mass is 35.5. The molecule has 0 unspecified atom stereocenters. The molecule has 1 heterocycles.